The fraction of sp³-hybridized carbons (Fsp3) is 0.286. The van der Waals surface area contributed by atoms with E-state index in [-0.39, 0.29) is 18.9 Å². The summed E-state index contributed by atoms with van der Waals surface area (Å²) in [6.07, 6.45) is 0.664. The van der Waals surface area contributed by atoms with Crippen LogP contribution >= 0.6 is 0 Å². The van der Waals surface area contributed by atoms with Crippen LogP contribution in [0.15, 0.2) is 34.9 Å². The molecule has 0 saturated carbocycles. The monoisotopic (exact) mass is 277 g/mol. The van der Waals surface area contributed by atoms with Gasteiger partial charge in [0.05, 0.1) is 18.1 Å². The maximum Gasteiger partial charge on any atom is 0.306 e. The second-order valence-corrected chi connectivity index (χ2v) is 4.31. The lowest BCUT2D eigenvalue weighted by Gasteiger charge is -2.13. The molecule has 0 aliphatic heterocycles. The van der Waals surface area contributed by atoms with Gasteiger partial charge in [-0.3, -0.25) is 9.59 Å². The van der Waals surface area contributed by atoms with E-state index in [0.29, 0.717) is 11.1 Å². The van der Waals surface area contributed by atoms with Gasteiger partial charge in [0.25, 0.3) is 5.91 Å². The highest BCUT2D eigenvalue weighted by molar-refractivity contribution is 6.05. The molecule has 1 heterocycles. The van der Waals surface area contributed by atoms with E-state index in [0.717, 1.165) is 5.39 Å². The van der Waals surface area contributed by atoms with Crippen LogP contribution in [-0.2, 0) is 9.53 Å². The molecule has 1 aromatic heterocycles. The maximum absolute atomic E-state index is 12.1. The number of carbonyl (C=O) groups is 2. The van der Waals surface area contributed by atoms with Crippen LogP contribution in [0.3, 0.4) is 0 Å². The van der Waals surface area contributed by atoms with Gasteiger partial charge in [0, 0.05) is 19.0 Å². The lowest BCUT2D eigenvalue weighted by Crippen LogP contribution is -2.34. The number of rotatable bonds is 6. The predicted octanol–water partition coefficient (Wildman–Crippen LogP) is 1.65. The number of nitrogens with one attached hydrogen (secondary N) is 1. The molecule has 20 heavy (non-hydrogen) atoms. The molecule has 0 bridgehead atoms. The Labute approximate surface area is 115 Å². The van der Waals surface area contributed by atoms with Gasteiger partial charge in [-0.2, -0.15) is 0 Å². The number of hydrogen-bond acceptors (Lipinski definition) is 4. The number of furan rings is 1. The first-order valence-electron chi connectivity index (χ1n) is 6.11. The van der Waals surface area contributed by atoms with Crippen molar-refractivity contribution in [2.45, 2.75) is 12.5 Å². The lowest BCUT2D eigenvalue weighted by molar-refractivity contribution is -0.139. The Morgan fingerprint density at radius 1 is 1.40 bits per heavy atom. The van der Waals surface area contributed by atoms with Gasteiger partial charge in [-0.15, -0.1) is 0 Å². The summed E-state index contributed by atoms with van der Waals surface area (Å²) >= 11 is 0. The molecular weight excluding hydrogens is 262 g/mol. The number of methoxy groups -OCH3 is 1. The van der Waals surface area contributed by atoms with E-state index in [1.54, 1.807) is 12.1 Å². The number of carboxylic acids is 1. The van der Waals surface area contributed by atoms with E-state index < -0.39 is 12.1 Å². The van der Waals surface area contributed by atoms with Gasteiger partial charge in [-0.1, -0.05) is 18.2 Å². The van der Waals surface area contributed by atoms with E-state index in [2.05, 4.69) is 5.32 Å². The van der Waals surface area contributed by atoms with Crippen molar-refractivity contribution >= 4 is 22.8 Å². The predicted molar refractivity (Wildman–Crippen MR) is 71.6 cm³/mol. The molecule has 106 valence electrons. The van der Waals surface area contributed by atoms with Gasteiger partial charge in [0.1, 0.15) is 11.8 Å². The van der Waals surface area contributed by atoms with E-state index in [4.69, 9.17) is 14.3 Å². The van der Waals surface area contributed by atoms with Gasteiger partial charge in [-0.25, -0.2) is 0 Å². The van der Waals surface area contributed by atoms with Gasteiger partial charge >= 0.3 is 5.97 Å². The van der Waals surface area contributed by atoms with Crippen molar-refractivity contribution in [1.29, 1.82) is 0 Å². The minimum absolute atomic E-state index is 0.126. The van der Waals surface area contributed by atoms with Crippen molar-refractivity contribution in [2.24, 2.45) is 0 Å². The molecular formula is C14H15NO5. The van der Waals surface area contributed by atoms with Crippen LogP contribution in [0.1, 0.15) is 16.8 Å². The Balaban J connectivity index is 2.03. The van der Waals surface area contributed by atoms with Crippen molar-refractivity contribution in [2.75, 3.05) is 13.7 Å². The van der Waals surface area contributed by atoms with Crippen LogP contribution in [0.4, 0.5) is 0 Å². The third kappa shape index (κ3) is 3.16. The zero-order valence-corrected chi connectivity index (χ0v) is 11.0. The Bertz CT molecular complexity index is 619. The van der Waals surface area contributed by atoms with Gasteiger partial charge < -0.3 is 19.6 Å². The molecule has 0 fully saturated rings. The first kappa shape index (κ1) is 14.1. The third-order valence-corrected chi connectivity index (χ3v) is 2.95. The van der Waals surface area contributed by atoms with Gasteiger partial charge in [0.2, 0.25) is 0 Å². The average molecular weight is 277 g/mol. The summed E-state index contributed by atoms with van der Waals surface area (Å²) in [6, 6.07) is 7.20. The number of amides is 1. The Kier molecular flexibility index (Phi) is 4.37. The molecule has 0 spiro atoms. The SMILES string of the molecule is COC(CNC(=O)c1coc2ccccc12)CC(=O)O. The van der Waals surface area contributed by atoms with E-state index in [1.165, 1.54) is 13.4 Å². The van der Waals surface area contributed by atoms with Crippen LogP contribution in [-0.4, -0.2) is 36.7 Å². The Morgan fingerprint density at radius 2 is 2.15 bits per heavy atom. The summed E-state index contributed by atoms with van der Waals surface area (Å²) in [5.41, 5.74) is 1.05. The fourth-order valence-corrected chi connectivity index (χ4v) is 1.89. The summed E-state index contributed by atoms with van der Waals surface area (Å²) in [4.78, 5) is 22.7. The quantitative estimate of drug-likeness (QED) is 0.838. The molecule has 0 aliphatic rings. The molecule has 1 amide bonds. The molecule has 6 nitrogen and oxygen atoms in total. The van der Waals surface area contributed by atoms with Crippen LogP contribution in [0.25, 0.3) is 11.0 Å². The zero-order valence-electron chi connectivity index (χ0n) is 11.0. The Morgan fingerprint density at radius 3 is 2.85 bits per heavy atom. The number of aliphatic carboxylic acids is 1. The first-order valence-corrected chi connectivity index (χ1v) is 6.11. The number of hydrogen-bond donors (Lipinski definition) is 2. The smallest absolute Gasteiger partial charge is 0.306 e. The van der Waals surface area contributed by atoms with Crippen LogP contribution in [0.2, 0.25) is 0 Å². The molecule has 1 unspecified atom stereocenters. The minimum Gasteiger partial charge on any atom is -0.481 e. The largest absolute Gasteiger partial charge is 0.481 e. The number of benzene rings is 1. The second kappa shape index (κ2) is 6.21. The number of carbonyl (C=O) groups excluding carboxylic acids is 1. The van der Waals surface area contributed by atoms with Crippen molar-refractivity contribution in [3.05, 3.63) is 36.1 Å². The molecule has 1 aromatic carbocycles. The molecule has 0 radical (unpaired) electrons. The molecule has 2 rings (SSSR count). The summed E-state index contributed by atoms with van der Waals surface area (Å²) in [5, 5.41) is 12.1. The van der Waals surface area contributed by atoms with E-state index >= 15 is 0 Å². The minimum atomic E-state index is -0.972. The topological polar surface area (TPSA) is 88.8 Å². The molecule has 0 saturated heterocycles. The fourth-order valence-electron chi connectivity index (χ4n) is 1.89. The highest BCUT2D eigenvalue weighted by Crippen LogP contribution is 2.20. The van der Waals surface area contributed by atoms with Crippen LogP contribution < -0.4 is 5.32 Å². The van der Waals surface area contributed by atoms with Crippen molar-refractivity contribution in [3.63, 3.8) is 0 Å². The van der Waals surface area contributed by atoms with Crippen LogP contribution in [0, 0.1) is 0 Å². The number of ether oxygens (including phenoxy) is 1. The standard InChI is InChI=1S/C14H15NO5/c1-19-9(6-13(16)17)7-15-14(18)11-8-20-12-5-3-2-4-10(11)12/h2-5,8-9H,6-7H2,1H3,(H,15,18)(H,16,17). The number of fused-ring (bicyclic) bond motifs is 1. The first-order chi connectivity index (χ1) is 9.61. The summed E-state index contributed by atoms with van der Waals surface area (Å²) in [5.74, 6) is -1.29. The van der Waals surface area contributed by atoms with Crippen molar-refractivity contribution in [1.82, 2.24) is 5.32 Å². The lowest BCUT2D eigenvalue weighted by atomic mass is 10.1. The van der Waals surface area contributed by atoms with Crippen molar-refractivity contribution in [3.8, 4) is 0 Å². The molecule has 6 heteroatoms. The maximum atomic E-state index is 12.1. The number of para-hydroxylation sites is 1. The molecule has 2 N–H and O–H groups in total. The highest BCUT2D eigenvalue weighted by atomic mass is 16.5. The van der Waals surface area contributed by atoms with E-state index in [1.807, 2.05) is 12.1 Å². The zero-order chi connectivity index (χ0) is 14.5. The normalized spacial score (nSPS) is 12.2. The van der Waals surface area contributed by atoms with Crippen molar-refractivity contribution < 1.29 is 23.8 Å². The summed E-state index contributed by atoms with van der Waals surface area (Å²) in [7, 11) is 1.41. The summed E-state index contributed by atoms with van der Waals surface area (Å²) < 4.78 is 10.3. The van der Waals surface area contributed by atoms with Gasteiger partial charge in [0.15, 0.2) is 0 Å². The summed E-state index contributed by atoms with van der Waals surface area (Å²) in [6.45, 7) is 0.126. The molecule has 2 aromatic rings. The highest BCUT2D eigenvalue weighted by Gasteiger charge is 2.17. The van der Waals surface area contributed by atoms with E-state index in [9.17, 15) is 9.59 Å². The van der Waals surface area contributed by atoms with Crippen LogP contribution in [0.5, 0.6) is 0 Å². The average Bonchev–Trinajstić information content (AvgIpc) is 2.86. The second-order valence-electron chi connectivity index (χ2n) is 4.31. The number of carboxylic acid groups (broad SMARTS) is 1. The Hall–Kier alpha value is -2.34. The van der Waals surface area contributed by atoms with Gasteiger partial charge in [-0.05, 0) is 6.07 Å². The molecule has 0 aliphatic carbocycles. The third-order valence-electron chi connectivity index (χ3n) is 2.95. The molecule has 1 atom stereocenters.